The number of unbranched alkanes of at least 4 members (excludes halogenated alkanes) is 1. The summed E-state index contributed by atoms with van der Waals surface area (Å²) >= 11 is 0. The van der Waals surface area contributed by atoms with Gasteiger partial charge in [-0.3, -0.25) is 9.59 Å². The molecule has 0 spiro atoms. The number of hydrogen-bond acceptors (Lipinski definition) is 2. The third-order valence-electron chi connectivity index (χ3n) is 3.68. The number of rotatable bonds is 7. The van der Waals surface area contributed by atoms with Crippen molar-refractivity contribution in [2.75, 3.05) is 0 Å². The second-order valence-electron chi connectivity index (χ2n) is 5.47. The summed E-state index contributed by atoms with van der Waals surface area (Å²) in [4.78, 5) is 22.4. The van der Waals surface area contributed by atoms with Crippen molar-refractivity contribution >= 4 is 11.6 Å². The topological polar surface area (TPSA) is 41.9 Å². The SMILES string of the molecule is CC(=O)c1cc[n+](CCCC[n+]2ccc(C(C)=O)cc2)cc1.[Br-].[Br-]. The Morgan fingerprint density at radius 2 is 1.00 bits per heavy atom. The van der Waals surface area contributed by atoms with E-state index in [4.69, 9.17) is 0 Å². The Bertz CT molecular complexity index is 596. The Morgan fingerprint density at radius 1 is 0.708 bits per heavy atom. The smallest absolute Gasteiger partial charge is 0.169 e. The maximum atomic E-state index is 11.2. The van der Waals surface area contributed by atoms with Crippen LogP contribution in [-0.2, 0) is 13.1 Å². The molecule has 0 radical (unpaired) electrons. The molecule has 0 fully saturated rings. The van der Waals surface area contributed by atoms with E-state index < -0.39 is 0 Å². The van der Waals surface area contributed by atoms with Gasteiger partial charge in [0, 0.05) is 48.2 Å². The monoisotopic (exact) mass is 456 g/mol. The third kappa shape index (κ3) is 7.01. The number of nitrogens with zero attached hydrogens (tertiary/aromatic N) is 2. The maximum absolute atomic E-state index is 11.2. The van der Waals surface area contributed by atoms with Crippen LogP contribution in [0.5, 0.6) is 0 Å². The van der Waals surface area contributed by atoms with Crippen molar-refractivity contribution in [2.24, 2.45) is 0 Å². The Labute approximate surface area is 164 Å². The first-order chi connectivity index (χ1) is 10.6. The highest BCUT2D eigenvalue weighted by Crippen LogP contribution is 1.98. The molecule has 2 rings (SSSR count). The molecule has 0 aliphatic carbocycles. The van der Waals surface area contributed by atoms with E-state index >= 15 is 0 Å². The summed E-state index contributed by atoms with van der Waals surface area (Å²) in [6, 6.07) is 7.43. The highest BCUT2D eigenvalue weighted by Gasteiger charge is 2.06. The summed E-state index contributed by atoms with van der Waals surface area (Å²) in [5, 5.41) is 0. The van der Waals surface area contributed by atoms with E-state index in [0.29, 0.717) is 0 Å². The lowest BCUT2D eigenvalue weighted by Gasteiger charge is -1.99. The van der Waals surface area contributed by atoms with Crippen molar-refractivity contribution in [3.05, 3.63) is 60.2 Å². The van der Waals surface area contributed by atoms with Crippen LogP contribution in [0.25, 0.3) is 0 Å². The van der Waals surface area contributed by atoms with Crippen molar-refractivity contribution in [1.82, 2.24) is 0 Å². The van der Waals surface area contributed by atoms with Crippen molar-refractivity contribution in [1.29, 1.82) is 0 Å². The molecule has 2 heterocycles. The first kappa shape index (κ1) is 22.6. The van der Waals surface area contributed by atoms with E-state index in [0.717, 1.165) is 37.1 Å². The van der Waals surface area contributed by atoms with Crippen molar-refractivity contribution < 1.29 is 52.7 Å². The zero-order chi connectivity index (χ0) is 15.9. The molecule has 0 amide bonds. The fourth-order valence-electron chi connectivity index (χ4n) is 2.27. The lowest BCUT2D eigenvalue weighted by atomic mass is 10.2. The Morgan fingerprint density at radius 3 is 1.25 bits per heavy atom. The minimum atomic E-state index is 0. The van der Waals surface area contributed by atoms with E-state index in [1.807, 2.05) is 49.1 Å². The molecular weight excluding hydrogens is 436 g/mol. The van der Waals surface area contributed by atoms with E-state index in [1.165, 1.54) is 0 Å². The number of halogens is 2. The molecule has 24 heavy (non-hydrogen) atoms. The fourth-order valence-corrected chi connectivity index (χ4v) is 2.27. The quantitative estimate of drug-likeness (QED) is 0.243. The predicted octanol–water partition coefficient (Wildman–Crippen LogP) is -3.84. The normalized spacial score (nSPS) is 9.58. The zero-order valence-electron chi connectivity index (χ0n) is 13.9. The fraction of sp³-hybridized carbons (Fsp3) is 0.333. The Balaban J connectivity index is 0.00000264. The molecule has 0 aliphatic rings. The van der Waals surface area contributed by atoms with Crippen LogP contribution in [0.2, 0.25) is 0 Å². The highest BCUT2D eigenvalue weighted by molar-refractivity contribution is 5.94. The summed E-state index contributed by atoms with van der Waals surface area (Å²) < 4.78 is 4.19. The van der Waals surface area contributed by atoms with Gasteiger partial charge < -0.3 is 34.0 Å². The van der Waals surface area contributed by atoms with E-state index in [-0.39, 0.29) is 45.5 Å². The molecule has 4 nitrogen and oxygen atoms in total. The molecule has 0 aliphatic heterocycles. The highest BCUT2D eigenvalue weighted by atomic mass is 79.9. The molecule has 6 heteroatoms. The number of hydrogen-bond donors (Lipinski definition) is 0. The molecule has 130 valence electrons. The summed E-state index contributed by atoms with van der Waals surface area (Å²) in [7, 11) is 0. The molecule has 0 saturated carbocycles. The van der Waals surface area contributed by atoms with Gasteiger partial charge in [-0.2, -0.15) is 0 Å². The van der Waals surface area contributed by atoms with Crippen LogP contribution >= 0.6 is 0 Å². The lowest BCUT2D eigenvalue weighted by molar-refractivity contribution is -0.708. The number of carbonyl (C=O) groups is 2. The van der Waals surface area contributed by atoms with Gasteiger partial charge in [0.2, 0.25) is 0 Å². The van der Waals surface area contributed by atoms with Gasteiger partial charge in [-0.1, -0.05) is 0 Å². The van der Waals surface area contributed by atoms with Crippen molar-refractivity contribution in [2.45, 2.75) is 39.8 Å². The molecule has 2 aromatic heterocycles. The predicted molar refractivity (Wildman–Crippen MR) is 82.5 cm³/mol. The molecule has 0 saturated heterocycles. The van der Waals surface area contributed by atoms with Crippen LogP contribution in [0.1, 0.15) is 47.4 Å². The Hall–Kier alpha value is -1.40. The maximum Gasteiger partial charge on any atom is 0.169 e. The van der Waals surface area contributed by atoms with Crippen LogP contribution in [-0.4, -0.2) is 11.6 Å². The molecule has 0 bridgehead atoms. The van der Waals surface area contributed by atoms with Crippen LogP contribution in [0.15, 0.2) is 49.1 Å². The number of Topliss-reactive ketones (excluding diaryl/α,β-unsaturated/α-hetero) is 2. The molecule has 0 atom stereocenters. The van der Waals surface area contributed by atoms with Gasteiger partial charge in [0.05, 0.1) is 0 Å². The number of pyridine rings is 2. The standard InChI is InChI=1S/C18H22N2O2.2BrH/c1-15(21)17-5-11-19(12-6-17)9-3-4-10-20-13-7-18(8-14-20)16(2)22;;/h5-8,11-14H,3-4,9-10H2,1-2H3;2*1H/q+2;;/p-2. The first-order valence-corrected chi connectivity index (χ1v) is 7.56. The van der Waals surface area contributed by atoms with Crippen molar-refractivity contribution in [3.8, 4) is 0 Å². The number of aromatic nitrogens is 2. The summed E-state index contributed by atoms with van der Waals surface area (Å²) in [6.45, 7) is 5.02. The van der Waals surface area contributed by atoms with Crippen LogP contribution < -0.4 is 43.1 Å². The minimum Gasteiger partial charge on any atom is -1.00 e. The van der Waals surface area contributed by atoms with Gasteiger partial charge in [0.25, 0.3) is 0 Å². The van der Waals surface area contributed by atoms with Gasteiger partial charge in [0.15, 0.2) is 36.4 Å². The summed E-state index contributed by atoms with van der Waals surface area (Å²) in [6.07, 6.45) is 9.92. The van der Waals surface area contributed by atoms with Gasteiger partial charge in [-0.15, -0.1) is 0 Å². The van der Waals surface area contributed by atoms with Gasteiger partial charge in [-0.05, 0) is 13.8 Å². The lowest BCUT2D eigenvalue weighted by Crippen LogP contribution is -3.00. The molecule has 2 aromatic rings. The Kier molecular flexibility index (Phi) is 10.6. The molecule has 0 aromatic carbocycles. The minimum absolute atomic E-state index is 0. The largest absolute Gasteiger partial charge is 1.00 e. The zero-order valence-corrected chi connectivity index (χ0v) is 17.1. The van der Waals surface area contributed by atoms with Gasteiger partial charge in [-0.25, -0.2) is 9.13 Å². The van der Waals surface area contributed by atoms with Gasteiger partial charge >= 0.3 is 0 Å². The third-order valence-corrected chi connectivity index (χ3v) is 3.68. The number of ketones is 2. The average Bonchev–Trinajstić information content (AvgIpc) is 2.52. The van der Waals surface area contributed by atoms with Gasteiger partial charge in [0.1, 0.15) is 13.1 Å². The summed E-state index contributed by atoms with van der Waals surface area (Å²) in [5.74, 6) is 0.190. The second-order valence-corrected chi connectivity index (χ2v) is 5.47. The first-order valence-electron chi connectivity index (χ1n) is 7.56. The van der Waals surface area contributed by atoms with E-state index in [2.05, 4.69) is 9.13 Å². The van der Waals surface area contributed by atoms with E-state index in [9.17, 15) is 9.59 Å². The molecular formula is C18H22Br2N2O2. The van der Waals surface area contributed by atoms with Crippen LogP contribution in [0.4, 0.5) is 0 Å². The van der Waals surface area contributed by atoms with Crippen LogP contribution in [0, 0.1) is 0 Å². The van der Waals surface area contributed by atoms with E-state index in [1.54, 1.807) is 13.8 Å². The molecule has 0 N–H and O–H groups in total. The number of aryl methyl sites for hydroxylation is 2. The second kappa shape index (κ2) is 11.2. The average molecular weight is 458 g/mol. The van der Waals surface area contributed by atoms with Crippen LogP contribution in [0.3, 0.4) is 0 Å². The van der Waals surface area contributed by atoms with Crippen molar-refractivity contribution in [3.63, 3.8) is 0 Å². The summed E-state index contributed by atoms with van der Waals surface area (Å²) in [5.41, 5.74) is 1.50. The number of carbonyl (C=O) groups excluding carboxylic acids is 2. The molecule has 0 unspecified atom stereocenters.